The summed E-state index contributed by atoms with van der Waals surface area (Å²) >= 11 is 0. The summed E-state index contributed by atoms with van der Waals surface area (Å²) in [5.41, 5.74) is 0.319. The third-order valence-corrected chi connectivity index (χ3v) is 4.08. The van der Waals surface area contributed by atoms with Crippen molar-refractivity contribution in [3.05, 3.63) is 23.8 Å². The molecule has 3 rings (SSSR count). The minimum Gasteiger partial charge on any atom is -0.507 e. The van der Waals surface area contributed by atoms with E-state index in [1.54, 1.807) is 19.2 Å². The van der Waals surface area contributed by atoms with Gasteiger partial charge in [0, 0.05) is 19.1 Å². The Kier molecular flexibility index (Phi) is 3.06. The molecule has 0 spiro atoms. The van der Waals surface area contributed by atoms with Crippen LogP contribution in [0.3, 0.4) is 0 Å². The van der Waals surface area contributed by atoms with Gasteiger partial charge in [-0.2, -0.15) is 0 Å². The summed E-state index contributed by atoms with van der Waals surface area (Å²) in [5.74, 6) is 1.03. The molecule has 2 N–H and O–H groups in total. The number of amides is 1. The van der Waals surface area contributed by atoms with Crippen molar-refractivity contribution in [1.29, 1.82) is 0 Å². The van der Waals surface area contributed by atoms with Crippen molar-refractivity contribution in [3.8, 4) is 11.5 Å². The highest BCUT2D eigenvalue weighted by molar-refractivity contribution is 5.97. The van der Waals surface area contributed by atoms with E-state index < -0.39 is 0 Å². The Morgan fingerprint density at radius 3 is 3.05 bits per heavy atom. The van der Waals surface area contributed by atoms with Crippen molar-refractivity contribution in [2.75, 3.05) is 26.7 Å². The van der Waals surface area contributed by atoms with Gasteiger partial charge in [-0.15, -0.1) is 0 Å². The van der Waals surface area contributed by atoms with Gasteiger partial charge in [0.15, 0.2) is 0 Å². The lowest BCUT2D eigenvalue weighted by molar-refractivity contribution is 0.0779. The van der Waals surface area contributed by atoms with Crippen LogP contribution in [-0.4, -0.2) is 48.7 Å². The molecule has 0 radical (unpaired) electrons. The molecule has 2 aliphatic rings. The number of rotatable bonds is 2. The first kappa shape index (κ1) is 12.3. The van der Waals surface area contributed by atoms with Crippen molar-refractivity contribution in [3.63, 3.8) is 0 Å². The Morgan fingerprint density at radius 1 is 1.47 bits per heavy atom. The van der Waals surface area contributed by atoms with E-state index >= 15 is 0 Å². The second kappa shape index (κ2) is 4.74. The Hall–Kier alpha value is -1.75. The normalized spacial score (nSPS) is 25.4. The molecule has 5 heteroatoms. The quantitative estimate of drug-likeness (QED) is 0.829. The molecule has 5 nitrogen and oxygen atoms in total. The molecule has 0 aromatic heterocycles. The van der Waals surface area contributed by atoms with Crippen LogP contribution < -0.4 is 10.1 Å². The van der Waals surface area contributed by atoms with Gasteiger partial charge in [0.1, 0.15) is 11.5 Å². The number of nitrogens with one attached hydrogen (secondary N) is 1. The van der Waals surface area contributed by atoms with E-state index in [1.165, 1.54) is 6.07 Å². The second-order valence-electron chi connectivity index (χ2n) is 5.20. The number of benzene rings is 1. The molecule has 2 saturated heterocycles. The monoisotopic (exact) mass is 262 g/mol. The summed E-state index contributed by atoms with van der Waals surface area (Å²) in [5, 5.41) is 13.3. The van der Waals surface area contributed by atoms with E-state index in [0.717, 1.165) is 26.1 Å². The van der Waals surface area contributed by atoms with Gasteiger partial charge < -0.3 is 20.1 Å². The lowest BCUT2D eigenvalue weighted by Crippen LogP contribution is -2.34. The maximum atomic E-state index is 12.4. The fourth-order valence-corrected chi connectivity index (χ4v) is 3.00. The highest BCUT2D eigenvalue weighted by atomic mass is 16.5. The van der Waals surface area contributed by atoms with E-state index in [9.17, 15) is 9.90 Å². The summed E-state index contributed by atoms with van der Waals surface area (Å²) in [6.45, 7) is 2.54. The van der Waals surface area contributed by atoms with E-state index in [0.29, 0.717) is 23.3 Å². The first-order valence-electron chi connectivity index (χ1n) is 6.58. The van der Waals surface area contributed by atoms with E-state index in [1.807, 2.05) is 4.90 Å². The number of fused-ring (bicyclic) bond motifs is 1. The fourth-order valence-electron chi connectivity index (χ4n) is 3.00. The van der Waals surface area contributed by atoms with E-state index in [4.69, 9.17) is 4.74 Å². The van der Waals surface area contributed by atoms with Crippen LogP contribution in [0.2, 0.25) is 0 Å². The molecule has 19 heavy (non-hydrogen) atoms. The summed E-state index contributed by atoms with van der Waals surface area (Å²) in [7, 11) is 1.55. The zero-order chi connectivity index (χ0) is 13.4. The Labute approximate surface area is 112 Å². The molecule has 0 aliphatic carbocycles. The highest BCUT2D eigenvalue weighted by Gasteiger charge is 2.38. The molecule has 2 aliphatic heterocycles. The smallest absolute Gasteiger partial charge is 0.257 e. The fraction of sp³-hybridized carbons (Fsp3) is 0.500. The number of phenolic OH excluding ortho intramolecular Hbond substituents is 1. The maximum Gasteiger partial charge on any atom is 0.257 e. The average molecular weight is 262 g/mol. The molecule has 2 heterocycles. The SMILES string of the molecule is COc1ccc(O)c(C(=O)N2C[C@@H]3CCN[C@@H]3C2)c1. The summed E-state index contributed by atoms with van der Waals surface area (Å²) in [6, 6.07) is 5.16. The van der Waals surface area contributed by atoms with Gasteiger partial charge >= 0.3 is 0 Å². The van der Waals surface area contributed by atoms with Crippen LogP contribution in [0.4, 0.5) is 0 Å². The van der Waals surface area contributed by atoms with Crippen LogP contribution in [0.25, 0.3) is 0 Å². The van der Waals surface area contributed by atoms with E-state index in [-0.39, 0.29) is 11.7 Å². The topological polar surface area (TPSA) is 61.8 Å². The molecule has 1 aromatic carbocycles. The summed E-state index contributed by atoms with van der Waals surface area (Å²) in [4.78, 5) is 14.3. The Morgan fingerprint density at radius 2 is 2.32 bits per heavy atom. The van der Waals surface area contributed by atoms with Gasteiger partial charge in [-0.3, -0.25) is 4.79 Å². The number of aromatic hydroxyl groups is 1. The lowest BCUT2D eigenvalue weighted by atomic mass is 10.1. The maximum absolute atomic E-state index is 12.4. The minimum atomic E-state index is -0.118. The minimum absolute atomic E-state index is 0.0100. The van der Waals surface area contributed by atoms with Gasteiger partial charge in [-0.25, -0.2) is 0 Å². The average Bonchev–Trinajstić information content (AvgIpc) is 2.99. The van der Waals surface area contributed by atoms with Crippen molar-refractivity contribution in [2.45, 2.75) is 12.5 Å². The largest absolute Gasteiger partial charge is 0.507 e. The van der Waals surface area contributed by atoms with Gasteiger partial charge in [0.05, 0.1) is 12.7 Å². The van der Waals surface area contributed by atoms with Crippen molar-refractivity contribution < 1.29 is 14.6 Å². The van der Waals surface area contributed by atoms with Crippen LogP contribution in [0.1, 0.15) is 16.8 Å². The molecule has 1 amide bonds. The van der Waals surface area contributed by atoms with Crippen LogP contribution in [0, 0.1) is 5.92 Å². The Bertz CT molecular complexity index is 491. The number of ether oxygens (including phenoxy) is 1. The Balaban J connectivity index is 1.80. The third kappa shape index (κ3) is 2.14. The zero-order valence-corrected chi connectivity index (χ0v) is 10.9. The van der Waals surface area contributed by atoms with Crippen LogP contribution in [0.15, 0.2) is 18.2 Å². The van der Waals surface area contributed by atoms with Gasteiger partial charge in [-0.05, 0) is 37.1 Å². The number of carbonyl (C=O) groups excluding carboxylic acids is 1. The van der Waals surface area contributed by atoms with Gasteiger partial charge in [0.2, 0.25) is 0 Å². The molecule has 1 aromatic rings. The number of carbonyl (C=O) groups is 1. The van der Waals surface area contributed by atoms with E-state index in [2.05, 4.69) is 5.32 Å². The molecule has 102 valence electrons. The number of nitrogens with zero attached hydrogens (tertiary/aromatic N) is 1. The molecule has 0 unspecified atom stereocenters. The van der Waals surface area contributed by atoms with Crippen LogP contribution >= 0.6 is 0 Å². The van der Waals surface area contributed by atoms with Gasteiger partial charge in [0.25, 0.3) is 5.91 Å². The first-order chi connectivity index (χ1) is 9.19. The third-order valence-electron chi connectivity index (χ3n) is 4.08. The standard InChI is InChI=1S/C14H18N2O3/c1-19-10-2-3-13(17)11(6-10)14(18)16-7-9-4-5-15-12(9)8-16/h2-3,6,9,12,15,17H,4-5,7-8H2,1H3/t9-,12+/m0/s1. The van der Waals surface area contributed by atoms with Crippen molar-refractivity contribution in [1.82, 2.24) is 10.2 Å². The van der Waals surface area contributed by atoms with Crippen molar-refractivity contribution in [2.24, 2.45) is 5.92 Å². The first-order valence-corrected chi connectivity index (χ1v) is 6.58. The number of hydrogen-bond acceptors (Lipinski definition) is 4. The number of likely N-dealkylation sites (tertiary alicyclic amines) is 1. The van der Waals surface area contributed by atoms with Gasteiger partial charge in [-0.1, -0.05) is 0 Å². The van der Waals surface area contributed by atoms with Crippen LogP contribution in [0.5, 0.6) is 11.5 Å². The second-order valence-corrected chi connectivity index (χ2v) is 5.20. The highest BCUT2D eigenvalue weighted by Crippen LogP contribution is 2.29. The zero-order valence-electron chi connectivity index (χ0n) is 10.9. The molecule has 2 fully saturated rings. The van der Waals surface area contributed by atoms with Crippen molar-refractivity contribution >= 4 is 5.91 Å². The summed E-state index contributed by atoms with van der Waals surface area (Å²) < 4.78 is 5.10. The number of hydrogen-bond donors (Lipinski definition) is 2. The molecule has 0 bridgehead atoms. The summed E-state index contributed by atoms with van der Waals surface area (Å²) in [6.07, 6.45) is 1.12. The predicted octanol–water partition coefficient (Wildman–Crippen LogP) is 0.835. The predicted molar refractivity (Wildman–Crippen MR) is 70.5 cm³/mol. The molecular formula is C14H18N2O3. The number of phenols is 1. The molecule has 0 saturated carbocycles. The number of methoxy groups -OCH3 is 1. The molecule has 2 atom stereocenters. The van der Waals surface area contributed by atoms with Crippen LogP contribution in [-0.2, 0) is 0 Å². The lowest BCUT2D eigenvalue weighted by Gasteiger charge is -2.18. The molecular weight excluding hydrogens is 244 g/mol.